The highest BCUT2D eigenvalue weighted by atomic mass is 35.5. The first kappa shape index (κ1) is 14.3. The van der Waals surface area contributed by atoms with Gasteiger partial charge in [0.1, 0.15) is 5.01 Å². The van der Waals surface area contributed by atoms with Gasteiger partial charge in [-0.25, -0.2) is 4.98 Å². The van der Waals surface area contributed by atoms with Crippen molar-refractivity contribution in [2.75, 3.05) is 26.7 Å². The molecule has 0 radical (unpaired) electrons. The van der Waals surface area contributed by atoms with Gasteiger partial charge in [-0.15, -0.1) is 22.9 Å². The van der Waals surface area contributed by atoms with E-state index in [1.807, 2.05) is 0 Å². The Morgan fingerprint density at radius 3 is 2.78 bits per heavy atom. The van der Waals surface area contributed by atoms with Crippen LogP contribution < -0.4 is 0 Å². The van der Waals surface area contributed by atoms with Crippen molar-refractivity contribution in [2.24, 2.45) is 0 Å². The van der Waals surface area contributed by atoms with E-state index in [9.17, 15) is 0 Å². The molecule has 1 aliphatic rings. The first-order valence-electron chi connectivity index (χ1n) is 6.39. The second-order valence-electron chi connectivity index (χ2n) is 5.69. The van der Waals surface area contributed by atoms with Crippen molar-refractivity contribution in [1.82, 2.24) is 14.8 Å². The molecule has 0 aliphatic carbocycles. The third-order valence-corrected chi connectivity index (χ3v) is 5.30. The lowest BCUT2D eigenvalue weighted by atomic mass is 9.98. The molecule has 0 bridgehead atoms. The predicted molar refractivity (Wildman–Crippen MR) is 78.4 cm³/mol. The number of rotatable bonds is 3. The Labute approximate surface area is 119 Å². The first-order valence-corrected chi connectivity index (χ1v) is 7.81. The molecule has 18 heavy (non-hydrogen) atoms. The van der Waals surface area contributed by atoms with Gasteiger partial charge in [-0.2, -0.15) is 0 Å². The molecule has 1 aromatic rings. The quantitative estimate of drug-likeness (QED) is 0.797. The van der Waals surface area contributed by atoms with Crippen molar-refractivity contribution < 1.29 is 0 Å². The van der Waals surface area contributed by atoms with Crippen molar-refractivity contribution in [3.8, 4) is 0 Å². The summed E-state index contributed by atoms with van der Waals surface area (Å²) in [4.78, 5) is 9.56. The predicted octanol–water partition coefficient (Wildman–Crippen LogP) is 2.97. The molecule has 0 spiro atoms. The monoisotopic (exact) mass is 287 g/mol. The van der Waals surface area contributed by atoms with Gasteiger partial charge in [0.25, 0.3) is 0 Å². The molecule has 1 fully saturated rings. The highest BCUT2D eigenvalue weighted by Gasteiger charge is 2.33. The minimum absolute atomic E-state index is 0.235. The summed E-state index contributed by atoms with van der Waals surface area (Å²) in [5.41, 5.74) is 1.23. The maximum absolute atomic E-state index is 5.82. The van der Waals surface area contributed by atoms with Crippen LogP contribution >= 0.6 is 22.9 Å². The number of hydrogen-bond donors (Lipinski definition) is 0. The third-order valence-electron chi connectivity index (χ3n) is 3.96. The Hall–Kier alpha value is -0.160. The number of thiazole rings is 1. The summed E-state index contributed by atoms with van der Waals surface area (Å²) >= 11 is 7.55. The fourth-order valence-corrected chi connectivity index (χ4v) is 3.48. The molecule has 1 aliphatic heterocycles. The second kappa shape index (κ2) is 5.45. The summed E-state index contributed by atoms with van der Waals surface area (Å²) in [7, 11) is 2.21. The maximum atomic E-state index is 5.82. The SMILES string of the molecule is CC(c1nc(CCl)cs1)N1CCN(C)C(C)(C)C1. The zero-order chi connectivity index (χ0) is 13.3. The van der Waals surface area contributed by atoms with E-state index < -0.39 is 0 Å². The van der Waals surface area contributed by atoms with Crippen LogP contribution in [0.3, 0.4) is 0 Å². The van der Waals surface area contributed by atoms with Crippen LogP contribution in [-0.2, 0) is 5.88 Å². The lowest BCUT2D eigenvalue weighted by Gasteiger charge is -2.47. The van der Waals surface area contributed by atoms with Gasteiger partial charge in [0.2, 0.25) is 0 Å². The van der Waals surface area contributed by atoms with Crippen LogP contribution in [0.2, 0.25) is 0 Å². The third kappa shape index (κ3) is 2.87. The summed E-state index contributed by atoms with van der Waals surface area (Å²) in [6.45, 7) is 10.2. The summed E-state index contributed by atoms with van der Waals surface area (Å²) in [5, 5.41) is 3.26. The van der Waals surface area contributed by atoms with Crippen LogP contribution in [-0.4, -0.2) is 47.0 Å². The van der Waals surface area contributed by atoms with Crippen LogP contribution in [0.5, 0.6) is 0 Å². The van der Waals surface area contributed by atoms with Gasteiger partial charge in [-0.3, -0.25) is 9.80 Å². The Balaban J connectivity index is 2.07. The lowest BCUT2D eigenvalue weighted by Crippen LogP contribution is -2.57. The lowest BCUT2D eigenvalue weighted by molar-refractivity contribution is 0.0201. The fraction of sp³-hybridized carbons (Fsp3) is 0.769. The van der Waals surface area contributed by atoms with E-state index in [1.54, 1.807) is 11.3 Å². The van der Waals surface area contributed by atoms with Crippen molar-refractivity contribution in [3.63, 3.8) is 0 Å². The van der Waals surface area contributed by atoms with Gasteiger partial charge in [-0.05, 0) is 27.8 Å². The van der Waals surface area contributed by atoms with Gasteiger partial charge in [0.05, 0.1) is 17.6 Å². The number of piperazine rings is 1. The molecule has 1 unspecified atom stereocenters. The number of aromatic nitrogens is 1. The Kier molecular flexibility index (Phi) is 4.32. The first-order chi connectivity index (χ1) is 8.44. The number of nitrogens with zero attached hydrogens (tertiary/aromatic N) is 3. The summed E-state index contributed by atoms with van der Waals surface area (Å²) in [6.07, 6.45) is 0. The summed E-state index contributed by atoms with van der Waals surface area (Å²) < 4.78 is 0. The molecule has 0 N–H and O–H groups in total. The van der Waals surface area contributed by atoms with Gasteiger partial charge in [0.15, 0.2) is 0 Å². The van der Waals surface area contributed by atoms with Gasteiger partial charge in [-0.1, -0.05) is 0 Å². The number of alkyl halides is 1. The topological polar surface area (TPSA) is 19.4 Å². The zero-order valence-electron chi connectivity index (χ0n) is 11.6. The van der Waals surface area contributed by atoms with E-state index in [0.717, 1.165) is 25.3 Å². The maximum Gasteiger partial charge on any atom is 0.110 e. The van der Waals surface area contributed by atoms with Gasteiger partial charge < -0.3 is 0 Å². The van der Waals surface area contributed by atoms with E-state index in [0.29, 0.717) is 11.9 Å². The molecule has 5 heteroatoms. The molecule has 0 aromatic carbocycles. The minimum Gasteiger partial charge on any atom is -0.299 e. The van der Waals surface area contributed by atoms with Crippen molar-refractivity contribution >= 4 is 22.9 Å². The standard InChI is InChI=1S/C13H22ClN3S/c1-10(12-15-11(7-14)8-18-12)17-6-5-16(4)13(2,3)9-17/h8,10H,5-7,9H2,1-4H3. The molecule has 3 nitrogen and oxygen atoms in total. The van der Waals surface area contributed by atoms with Crippen LogP contribution in [0.1, 0.15) is 37.5 Å². The van der Waals surface area contributed by atoms with Crippen LogP contribution in [0.15, 0.2) is 5.38 Å². The molecule has 2 heterocycles. The molecular weight excluding hydrogens is 266 g/mol. The molecular formula is C13H22ClN3S. The van der Waals surface area contributed by atoms with Gasteiger partial charge in [0, 0.05) is 30.6 Å². The van der Waals surface area contributed by atoms with E-state index in [4.69, 9.17) is 11.6 Å². The van der Waals surface area contributed by atoms with Crippen molar-refractivity contribution in [1.29, 1.82) is 0 Å². The molecule has 102 valence electrons. The Morgan fingerprint density at radius 1 is 1.50 bits per heavy atom. The van der Waals surface area contributed by atoms with E-state index in [2.05, 4.69) is 48.0 Å². The Morgan fingerprint density at radius 2 is 2.22 bits per heavy atom. The smallest absolute Gasteiger partial charge is 0.110 e. The van der Waals surface area contributed by atoms with Gasteiger partial charge >= 0.3 is 0 Å². The van der Waals surface area contributed by atoms with Crippen molar-refractivity contribution in [3.05, 3.63) is 16.1 Å². The summed E-state index contributed by atoms with van der Waals surface area (Å²) in [6, 6.07) is 0.389. The highest BCUT2D eigenvalue weighted by molar-refractivity contribution is 7.09. The molecule has 1 aromatic heterocycles. The van der Waals surface area contributed by atoms with E-state index in [-0.39, 0.29) is 5.54 Å². The second-order valence-corrected chi connectivity index (χ2v) is 6.85. The average Bonchev–Trinajstić information content (AvgIpc) is 2.80. The molecule has 0 amide bonds. The molecule has 0 saturated carbocycles. The Bertz CT molecular complexity index is 405. The highest BCUT2D eigenvalue weighted by Crippen LogP contribution is 2.29. The molecule has 1 atom stereocenters. The average molecular weight is 288 g/mol. The number of halogens is 1. The zero-order valence-corrected chi connectivity index (χ0v) is 13.2. The largest absolute Gasteiger partial charge is 0.299 e. The fourth-order valence-electron chi connectivity index (χ4n) is 2.34. The van der Waals surface area contributed by atoms with E-state index >= 15 is 0 Å². The van der Waals surface area contributed by atoms with Crippen LogP contribution in [0.4, 0.5) is 0 Å². The molecule has 2 rings (SSSR count). The minimum atomic E-state index is 0.235. The van der Waals surface area contributed by atoms with E-state index in [1.165, 1.54) is 5.01 Å². The van der Waals surface area contributed by atoms with Crippen molar-refractivity contribution in [2.45, 2.75) is 38.2 Å². The van der Waals surface area contributed by atoms with Crippen LogP contribution in [0, 0.1) is 0 Å². The van der Waals surface area contributed by atoms with Crippen LogP contribution in [0.25, 0.3) is 0 Å². The molecule has 1 saturated heterocycles. The number of likely N-dealkylation sites (N-methyl/N-ethyl adjacent to an activating group) is 1. The summed E-state index contributed by atoms with van der Waals surface area (Å²) in [5.74, 6) is 0.511. The number of hydrogen-bond acceptors (Lipinski definition) is 4. The normalized spacial score (nSPS) is 23.2.